The Morgan fingerprint density at radius 3 is 2.50 bits per heavy atom. The van der Waals surface area contributed by atoms with Crippen LogP contribution in [-0.2, 0) is 33.2 Å². The lowest BCUT2D eigenvalue weighted by Crippen LogP contribution is -2.65. The van der Waals surface area contributed by atoms with E-state index >= 15 is 0 Å². The molecule has 2 saturated heterocycles. The number of hydrogen-bond acceptors (Lipinski definition) is 10. The highest BCUT2D eigenvalue weighted by Crippen LogP contribution is 2.46. The summed E-state index contributed by atoms with van der Waals surface area (Å²) in [6.07, 6.45) is -5.88. The van der Waals surface area contributed by atoms with Crippen molar-refractivity contribution in [3.05, 3.63) is 65.7 Å². The number of aryl methyl sites for hydroxylation is 1. The number of rotatable bonds is 7. The minimum atomic E-state index is -4.25. The molecular weight excluding hydrogens is 490 g/mol. The number of nitriles is 1. The molecule has 2 aliphatic heterocycles. The number of esters is 1. The molecule has 0 saturated carbocycles. The zero-order chi connectivity index (χ0) is 26.1. The van der Waals surface area contributed by atoms with Crippen LogP contribution in [0.15, 0.2) is 59.5 Å². The van der Waals surface area contributed by atoms with E-state index in [1.54, 1.807) is 56.3 Å². The molecule has 192 valence electrons. The molecule has 36 heavy (non-hydrogen) atoms. The minimum absolute atomic E-state index is 0.0831. The lowest BCUT2D eigenvalue weighted by Gasteiger charge is -2.44. The minimum Gasteiger partial charge on any atom is -0.452 e. The topological polar surface area (TPSA) is 141 Å². The maximum absolute atomic E-state index is 12.8. The molecule has 0 aromatic heterocycles. The molecular formula is C25H27NO9S. The van der Waals surface area contributed by atoms with Crippen LogP contribution in [0, 0.1) is 18.3 Å². The van der Waals surface area contributed by atoms with Crippen molar-refractivity contribution in [3.8, 4) is 6.07 Å². The number of benzene rings is 2. The van der Waals surface area contributed by atoms with Crippen molar-refractivity contribution in [3.63, 3.8) is 0 Å². The number of hydrogen-bond donors (Lipinski definition) is 1. The molecule has 2 aliphatic rings. The predicted octanol–water partition coefficient (Wildman–Crippen LogP) is 2.45. The van der Waals surface area contributed by atoms with Crippen molar-refractivity contribution in [2.75, 3.05) is 6.61 Å². The molecule has 2 fully saturated rings. The maximum atomic E-state index is 12.8. The summed E-state index contributed by atoms with van der Waals surface area (Å²) in [6, 6.07) is 16.1. The largest absolute Gasteiger partial charge is 0.452 e. The molecule has 0 amide bonds. The van der Waals surface area contributed by atoms with Crippen LogP contribution in [0.25, 0.3) is 0 Å². The van der Waals surface area contributed by atoms with Crippen LogP contribution in [0.2, 0.25) is 0 Å². The first-order valence-corrected chi connectivity index (χ1v) is 12.7. The van der Waals surface area contributed by atoms with Crippen molar-refractivity contribution in [1.29, 1.82) is 5.26 Å². The lowest BCUT2D eigenvalue weighted by atomic mass is 9.91. The molecule has 2 heterocycles. The Labute approximate surface area is 209 Å². The van der Waals surface area contributed by atoms with Gasteiger partial charge in [-0.25, -0.2) is 4.79 Å². The van der Waals surface area contributed by atoms with Gasteiger partial charge in [-0.1, -0.05) is 35.9 Å². The highest BCUT2D eigenvalue weighted by atomic mass is 32.2. The third-order valence-electron chi connectivity index (χ3n) is 5.92. The van der Waals surface area contributed by atoms with Crippen LogP contribution in [0.5, 0.6) is 0 Å². The second-order valence-corrected chi connectivity index (χ2v) is 10.7. The molecule has 0 radical (unpaired) electrons. The molecule has 2 aromatic carbocycles. The third-order valence-corrected chi connectivity index (χ3v) is 7.27. The molecule has 5 atom stereocenters. The summed E-state index contributed by atoms with van der Waals surface area (Å²) >= 11 is 0. The van der Waals surface area contributed by atoms with E-state index in [9.17, 15) is 23.6 Å². The Morgan fingerprint density at radius 1 is 1.19 bits per heavy atom. The van der Waals surface area contributed by atoms with Gasteiger partial charge in [0, 0.05) is 0 Å². The number of carbonyl (C=O) groups excluding carboxylic acids is 1. The third kappa shape index (κ3) is 5.15. The van der Waals surface area contributed by atoms with Gasteiger partial charge in [0.2, 0.25) is 5.79 Å². The Hall–Kier alpha value is -2.85. The first-order chi connectivity index (χ1) is 17.0. The summed E-state index contributed by atoms with van der Waals surface area (Å²) in [5.74, 6) is -3.92. The van der Waals surface area contributed by atoms with Crippen LogP contribution in [0.3, 0.4) is 0 Å². The number of aliphatic hydroxyl groups is 1. The summed E-state index contributed by atoms with van der Waals surface area (Å²) in [7, 11) is -4.25. The molecule has 0 spiro atoms. The SMILES string of the molecule is Cc1ccc(S(=O)(=O)O[C@@H]2CO[C@@]3([C@@H](CC#N)OC(=O)c4ccccc4)OC(C)(C)O[C@H]3[C@@H]2O)cc1. The van der Waals surface area contributed by atoms with E-state index in [0.717, 1.165) is 5.56 Å². The summed E-state index contributed by atoms with van der Waals surface area (Å²) in [4.78, 5) is 12.7. The van der Waals surface area contributed by atoms with Crippen molar-refractivity contribution in [1.82, 2.24) is 0 Å². The molecule has 4 rings (SSSR count). The average Bonchev–Trinajstić information content (AvgIpc) is 3.13. The van der Waals surface area contributed by atoms with Gasteiger partial charge in [0.1, 0.15) is 18.3 Å². The van der Waals surface area contributed by atoms with Gasteiger partial charge in [-0.05, 0) is 45.0 Å². The van der Waals surface area contributed by atoms with Crippen molar-refractivity contribution >= 4 is 16.1 Å². The van der Waals surface area contributed by atoms with Gasteiger partial charge in [0.25, 0.3) is 10.1 Å². The van der Waals surface area contributed by atoms with Gasteiger partial charge >= 0.3 is 5.97 Å². The second kappa shape index (κ2) is 9.89. The monoisotopic (exact) mass is 517 g/mol. The Balaban J connectivity index is 1.60. The summed E-state index contributed by atoms with van der Waals surface area (Å²) < 4.78 is 54.4. The van der Waals surface area contributed by atoms with Crippen LogP contribution in [0.1, 0.15) is 36.2 Å². The molecule has 10 nitrogen and oxygen atoms in total. The molecule has 2 aromatic rings. The summed E-state index contributed by atoms with van der Waals surface area (Å²) in [5, 5.41) is 20.6. The normalized spacial score (nSPS) is 28.0. The number of carbonyl (C=O) groups is 1. The van der Waals surface area contributed by atoms with E-state index in [1.165, 1.54) is 12.1 Å². The zero-order valence-corrected chi connectivity index (χ0v) is 20.8. The first kappa shape index (κ1) is 26.2. The summed E-state index contributed by atoms with van der Waals surface area (Å²) in [5.41, 5.74) is 1.11. The highest BCUT2D eigenvalue weighted by molar-refractivity contribution is 7.86. The van der Waals surface area contributed by atoms with Gasteiger partial charge in [0.05, 0.1) is 29.6 Å². The zero-order valence-electron chi connectivity index (χ0n) is 20.0. The van der Waals surface area contributed by atoms with Crippen molar-refractivity contribution in [2.45, 2.75) is 68.1 Å². The van der Waals surface area contributed by atoms with Crippen molar-refractivity contribution < 1.29 is 41.4 Å². The van der Waals surface area contributed by atoms with Crippen molar-refractivity contribution in [2.24, 2.45) is 0 Å². The van der Waals surface area contributed by atoms with Gasteiger partial charge in [0.15, 0.2) is 11.9 Å². The second-order valence-electron chi connectivity index (χ2n) is 9.09. The Bertz CT molecular complexity index is 1240. The van der Waals surface area contributed by atoms with Crippen LogP contribution >= 0.6 is 0 Å². The number of aliphatic hydroxyl groups excluding tert-OH is 1. The number of fused-ring (bicyclic) bond motifs is 1. The van der Waals surface area contributed by atoms with Crippen LogP contribution in [-0.4, -0.2) is 62.1 Å². The standard InChI is InChI=1S/C25H27NO9S/c1-16-9-11-18(12-10-16)36(29,30)34-19-15-31-25(22(21(19)27)33-24(2,3)35-25)20(13-14-26)32-23(28)17-7-5-4-6-8-17/h4-12,19-22,27H,13,15H2,1-3H3/t19-,20-,21-,22+,25+/m1/s1. The Morgan fingerprint density at radius 2 is 1.86 bits per heavy atom. The highest BCUT2D eigenvalue weighted by Gasteiger charge is 2.66. The van der Waals surface area contributed by atoms with E-state index in [-0.39, 0.29) is 16.9 Å². The average molecular weight is 518 g/mol. The number of nitrogens with zero attached hydrogens (tertiary/aromatic N) is 1. The van der Waals surface area contributed by atoms with E-state index in [1.807, 2.05) is 13.0 Å². The quantitative estimate of drug-likeness (QED) is 0.430. The van der Waals surface area contributed by atoms with Crippen LogP contribution < -0.4 is 0 Å². The van der Waals surface area contributed by atoms with Gasteiger partial charge in [-0.3, -0.25) is 4.18 Å². The molecule has 0 aliphatic carbocycles. The van der Waals surface area contributed by atoms with E-state index < -0.39 is 58.7 Å². The Kier molecular flexibility index (Phi) is 7.21. The van der Waals surface area contributed by atoms with Gasteiger partial charge in [-0.15, -0.1) is 0 Å². The molecule has 0 bridgehead atoms. The first-order valence-electron chi connectivity index (χ1n) is 11.3. The molecule has 11 heteroatoms. The van der Waals surface area contributed by atoms with E-state index in [4.69, 9.17) is 23.1 Å². The predicted molar refractivity (Wildman–Crippen MR) is 124 cm³/mol. The van der Waals surface area contributed by atoms with E-state index in [0.29, 0.717) is 0 Å². The van der Waals surface area contributed by atoms with Gasteiger partial charge in [-0.2, -0.15) is 13.7 Å². The fourth-order valence-corrected chi connectivity index (χ4v) is 5.33. The summed E-state index contributed by atoms with van der Waals surface area (Å²) in [6.45, 7) is 4.50. The fraction of sp³-hybridized carbons (Fsp3) is 0.440. The van der Waals surface area contributed by atoms with Gasteiger partial charge < -0.3 is 24.1 Å². The van der Waals surface area contributed by atoms with Crippen LogP contribution in [0.4, 0.5) is 0 Å². The maximum Gasteiger partial charge on any atom is 0.338 e. The lowest BCUT2D eigenvalue weighted by molar-refractivity contribution is -0.322. The number of ether oxygens (including phenoxy) is 4. The fourth-order valence-electron chi connectivity index (χ4n) is 4.25. The molecule has 0 unspecified atom stereocenters. The molecule has 1 N–H and O–H groups in total. The smallest absolute Gasteiger partial charge is 0.338 e. The van der Waals surface area contributed by atoms with E-state index in [2.05, 4.69) is 0 Å².